The topological polar surface area (TPSA) is 68.7 Å². The summed E-state index contributed by atoms with van der Waals surface area (Å²) >= 11 is 0. The molecule has 1 N–H and O–H groups in total. The van der Waals surface area contributed by atoms with Gasteiger partial charge in [0.2, 0.25) is 0 Å². The van der Waals surface area contributed by atoms with Gasteiger partial charge in [0.25, 0.3) is 0 Å². The largest absolute Gasteiger partial charge is 0.392 e. The van der Waals surface area contributed by atoms with Gasteiger partial charge < -0.3 is 5.11 Å². The predicted octanol–water partition coefficient (Wildman–Crippen LogP) is 3.47. The summed E-state index contributed by atoms with van der Waals surface area (Å²) in [6.45, 7) is 0.0209. The molecule has 0 aliphatic heterocycles. The Hall–Kier alpha value is -2.51. The van der Waals surface area contributed by atoms with E-state index in [1.165, 1.54) is 0 Å². The average Bonchev–Trinajstić information content (AvgIpc) is 2.46. The maximum absolute atomic E-state index is 8.91. The molecule has 88 valence electrons. The Kier molecular flexibility index (Phi) is 3.79. The van der Waals surface area contributed by atoms with E-state index >= 15 is 0 Å². The SMILES string of the molecule is N#Cc1ccc(N=Nc2ccc(CO)cc2)cc1. The van der Waals surface area contributed by atoms with E-state index in [0.717, 1.165) is 11.3 Å². The van der Waals surface area contributed by atoms with Crippen LogP contribution >= 0.6 is 0 Å². The van der Waals surface area contributed by atoms with Gasteiger partial charge in [-0.1, -0.05) is 12.1 Å². The smallest absolute Gasteiger partial charge is 0.0991 e. The van der Waals surface area contributed by atoms with Gasteiger partial charge in [0, 0.05) is 0 Å². The molecule has 0 spiro atoms. The Labute approximate surface area is 105 Å². The number of hydrogen-bond donors (Lipinski definition) is 1. The Morgan fingerprint density at radius 1 is 0.889 bits per heavy atom. The molecule has 2 aromatic rings. The molecule has 0 bridgehead atoms. The monoisotopic (exact) mass is 237 g/mol. The Bertz CT molecular complexity index is 580. The molecule has 0 aliphatic rings. The van der Waals surface area contributed by atoms with Crippen LogP contribution in [0, 0.1) is 11.3 Å². The third-order valence-corrected chi connectivity index (χ3v) is 2.40. The highest BCUT2D eigenvalue weighted by atomic mass is 16.3. The molecule has 4 nitrogen and oxygen atoms in total. The van der Waals surface area contributed by atoms with Gasteiger partial charge in [-0.25, -0.2) is 0 Å². The maximum Gasteiger partial charge on any atom is 0.0991 e. The van der Waals surface area contributed by atoms with Crippen molar-refractivity contribution in [1.29, 1.82) is 5.26 Å². The first-order valence-corrected chi connectivity index (χ1v) is 5.43. The zero-order valence-electron chi connectivity index (χ0n) is 9.61. The lowest BCUT2D eigenvalue weighted by molar-refractivity contribution is 0.282. The van der Waals surface area contributed by atoms with Crippen LogP contribution < -0.4 is 0 Å². The van der Waals surface area contributed by atoms with E-state index < -0.39 is 0 Å². The van der Waals surface area contributed by atoms with Crippen LogP contribution in [0.1, 0.15) is 11.1 Å². The molecule has 0 amide bonds. The number of azo groups is 1. The van der Waals surface area contributed by atoms with Crippen molar-refractivity contribution in [3.05, 3.63) is 59.7 Å². The second kappa shape index (κ2) is 5.71. The first kappa shape index (κ1) is 12.0. The summed E-state index contributed by atoms with van der Waals surface area (Å²) in [4.78, 5) is 0. The number of aliphatic hydroxyl groups excluding tert-OH is 1. The van der Waals surface area contributed by atoms with Crippen molar-refractivity contribution < 1.29 is 5.11 Å². The van der Waals surface area contributed by atoms with Gasteiger partial charge >= 0.3 is 0 Å². The van der Waals surface area contributed by atoms with Crippen LogP contribution in [0.3, 0.4) is 0 Å². The van der Waals surface area contributed by atoms with E-state index in [-0.39, 0.29) is 6.61 Å². The van der Waals surface area contributed by atoms with Gasteiger partial charge in [-0.15, -0.1) is 0 Å². The van der Waals surface area contributed by atoms with Gasteiger partial charge in [-0.3, -0.25) is 0 Å². The Morgan fingerprint density at radius 3 is 1.83 bits per heavy atom. The fraction of sp³-hybridized carbons (Fsp3) is 0.0714. The molecule has 2 rings (SSSR count). The van der Waals surface area contributed by atoms with Crippen LogP contribution in [0.25, 0.3) is 0 Å². The molecule has 18 heavy (non-hydrogen) atoms. The normalized spacial score (nSPS) is 10.4. The molecule has 2 aromatic carbocycles. The zero-order chi connectivity index (χ0) is 12.8. The minimum absolute atomic E-state index is 0.0209. The summed E-state index contributed by atoms with van der Waals surface area (Å²) in [5.41, 5.74) is 2.85. The van der Waals surface area contributed by atoms with Crippen LogP contribution in [0.15, 0.2) is 58.8 Å². The molecule has 0 radical (unpaired) electrons. The third kappa shape index (κ3) is 3.00. The fourth-order valence-corrected chi connectivity index (χ4v) is 1.39. The number of nitriles is 1. The van der Waals surface area contributed by atoms with E-state index in [9.17, 15) is 0 Å². The third-order valence-electron chi connectivity index (χ3n) is 2.40. The van der Waals surface area contributed by atoms with Gasteiger partial charge in [-0.05, 0) is 42.0 Å². The molecule has 0 fully saturated rings. The van der Waals surface area contributed by atoms with Crippen LogP contribution in [-0.2, 0) is 6.61 Å². The van der Waals surface area contributed by atoms with Crippen LogP contribution in [0.5, 0.6) is 0 Å². The van der Waals surface area contributed by atoms with Crippen LogP contribution in [0.2, 0.25) is 0 Å². The molecule has 0 unspecified atom stereocenters. The van der Waals surface area contributed by atoms with E-state index in [2.05, 4.69) is 10.2 Å². The second-order valence-electron chi connectivity index (χ2n) is 3.68. The molecular weight excluding hydrogens is 226 g/mol. The van der Waals surface area contributed by atoms with E-state index in [1.54, 1.807) is 48.5 Å². The minimum atomic E-state index is 0.0209. The summed E-state index contributed by atoms with van der Waals surface area (Å²) < 4.78 is 0. The fourth-order valence-electron chi connectivity index (χ4n) is 1.39. The predicted molar refractivity (Wildman–Crippen MR) is 67.7 cm³/mol. The highest BCUT2D eigenvalue weighted by molar-refractivity contribution is 5.44. The summed E-state index contributed by atoms with van der Waals surface area (Å²) in [5, 5.41) is 25.7. The number of nitrogens with zero attached hydrogens (tertiary/aromatic N) is 3. The van der Waals surface area contributed by atoms with Crippen molar-refractivity contribution in [2.24, 2.45) is 10.2 Å². The zero-order valence-corrected chi connectivity index (χ0v) is 9.61. The lowest BCUT2D eigenvalue weighted by Gasteiger charge is -1.96. The van der Waals surface area contributed by atoms with Gasteiger partial charge in [-0.2, -0.15) is 15.5 Å². The first-order chi connectivity index (χ1) is 8.81. The summed E-state index contributed by atoms with van der Waals surface area (Å²) in [6, 6.07) is 16.1. The second-order valence-corrected chi connectivity index (χ2v) is 3.68. The molecule has 0 saturated carbocycles. The lowest BCUT2D eigenvalue weighted by atomic mass is 10.2. The van der Waals surface area contributed by atoms with Crippen molar-refractivity contribution in [3.63, 3.8) is 0 Å². The van der Waals surface area contributed by atoms with Crippen molar-refractivity contribution >= 4 is 11.4 Å². The molecule has 0 atom stereocenters. The summed E-state index contributed by atoms with van der Waals surface area (Å²) in [7, 11) is 0. The molecule has 4 heteroatoms. The van der Waals surface area contributed by atoms with E-state index in [1.807, 2.05) is 6.07 Å². The van der Waals surface area contributed by atoms with Crippen molar-refractivity contribution in [2.75, 3.05) is 0 Å². The number of hydrogen-bond acceptors (Lipinski definition) is 4. The average molecular weight is 237 g/mol. The van der Waals surface area contributed by atoms with E-state index in [0.29, 0.717) is 11.3 Å². The molecule has 0 saturated heterocycles. The molecular formula is C14H11N3O. The number of rotatable bonds is 3. The van der Waals surface area contributed by atoms with Crippen LogP contribution in [0.4, 0.5) is 11.4 Å². The Balaban J connectivity index is 2.11. The number of aliphatic hydroxyl groups is 1. The number of benzene rings is 2. The lowest BCUT2D eigenvalue weighted by Crippen LogP contribution is -1.79. The molecule has 0 aliphatic carbocycles. The highest BCUT2D eigenvalue weighted by Gasteiger charge is 1.93. The standard InChI is InChI=1S/C14H11N3O/c15-9-11-1-5-13(6-2-11)16-17-14-7-3-12(10-18)4-8-14/h1-8,18H,10H2. The highest BCUT2D eigenvalue weighted by Crippen LogP contribution is 2.19. The summed E-state index contributed by atoms with van der Waals surface area (Å²) in [6.07, 6.45) is 0. The maximum atomic E-state index is 8.91. The van der Waals surface area contributed by atoms with Gasteiger partial charge in [0.1, 0.15) is 0 Å². The van der Waals surface area contributed by atoms with Crippen molar-refractivity contribution in [1.82, 2.24) is 0 Å². The molecule has 0 aromatic heterocycles. The van der Waals surface area contributed by atoms with Crippen molar-refractivity contribution in [2.45, 2.75) is 6.61 Å². The van der Waals surface area contributed by atoms with Crippen molar-refractivity contribution in [3.8, 4) is 6.07 Å². The Morgan fingerprint density at radius 2 is 1.39 bits per heavy atom. The van der Waals surface area contributed by atoms with Crippen LogP contribution in [-0.4, -0.2) is 5.11 Å². The molecule has 0 heterocycles. The van der Waals surface area contributed by atoms with E-state index in [4.69, 9.17) is 10.4 Å². The van der Waals surface area contributed by atoms with Gasteiger partial charge in [0.05, 0.1) is 29.6 Å². The minimum Gasteiger partial charge on any atom is -0.392 e. The summed E-state index contributed by atoms with van der Waals surface area (Å²) in [5.74, 6) is 0. The first-order valence-electron chi connectivity index (χ1n) is 5.43. The van der Waals surface area contributed by atoms with Gasteiger partial charge in [0.15, 0.2) is 0 Å². The quantitative estimate of drug-likeness (QED) is 0.830.